The van der Waals surface area contributed by atoms with Gasteiger partial charge in [0.15, 0.2) is 6.40 Å². The molecule has 0 atom stereocenters. The Bertz CT molecular complexity index is 208. The largest absolute Gasteiger partial charge is 0.434 e. The Kier molecular flexibility index (Phi) is 1.79. The molecule has 9 heavy (non-hydrogen) atoms. The molecule has 0 aliphatic heterocycles. The van der Waals surface area contributed by atoms with Crippen LogP contribution in [0.4, 0.5) is 0 Å². The van der Waals surface area contributed by atoms with Crippen molar-refractivity contribution in [3.63, 3.8) is 0 Å². The first-order chi connectivity index (χ1) is 4.34. The minimum Gasteiger partial charge on any atom is -0.434 e. The van der Waals surface area contributed by atoms with E-state index in [1.54, 1.807) is 5.51 Å². The summed E-state index contributed by atoms with van der Waals surface area (Å²) in [4.78, 5) is 3.93. The molecule has 0 aliphatic rings. The van der Waals surface area contributed by atoms with Crippen LogP contribution in [0.2, 0.25) is 0 Å². The van der Waals surface area contributed by atoms with E-state index in [-0.39, 0.29) is 0 Å². The predicted molar refractivity (Wildman–Crippen MR) is 36.3 cm³/mol. The number of hydrogen-bond donors (Lipinski definition) is 1. The summed E-state index contributed by atoms with van der Waals surface area (Å²) in [5.41, 5.74) is 2.53. The van der Waals surface area contributed by atoms with Gasteiger partial charge in [-0.25, -0.2) is 4.98 Å². The van der Waals surface area contributed by atoms with Gasteiger partial charge in [-0.1, -0.05) is 11.3 Å². The predicted octanol–water partition coefficient (Wildman–Crippen LogP) is 1.44. The third kappa shape index (κ3) is 1.26. The number of thiazole rings is 1. The molecule has 1 aromatic rings. The fraction of sp³-hybridized carbons (Fsp3) is 0.200. The number of nitrogens with zero attached hydrogens (tertiary/aromatic N) is 1. The molecule has 0 bridgehead atoms. The van der Waals surface area contributed by atoms with Gasteiger partial charge >= 0.3 is 0 Å². The van der Waals surface area contributed by atoms with Gasteiger partial charge < -0.3 is 4.74 Å². The molecule has 1 aromatic heterocycles. The van der Waals surface area contributed by atoms with E-state index in [0.717, 1.165) is 12.1 Å². The van der Waals surface area contributed by atoms with E-state index in [9.17, 15) is 0 Å². The van der Waals surface area contributed by atoms with Crippen molar-refractivity contribution in [3.8, 4) is 5.06 Å². The molecule has 0 amide bonds. The Morgan fingerprint density at radius 1 is 1.89 bits per heavy atom. The van der Waals surface area contributed by atoms with Crippen LogP contribution in [0, 0.1) is 12.3 Å². The van der Waals surface area contributed by atoms with Crippen LogP contribution in [0.25, 0.3) is 0 Å². The normalized spacial score (nSPS) is 9.00. The monoisotopic (exact) mass is 142 g/mol. The molecule has 48 valence electrons. The third-order valence-electron chi connectivity index (χ3n) is 0.867. The summed E-state index contributed by atoms with van der Waals surface area (Å²) in [6, 6.07) is 0. The van der Waals surface area contributed by atoms with Crippen molar-refractivity contribution in [1.82, 2.24) is 4.98 Å². The lowest BCUT2D eigenvalue weighted by Gasteiger charge is -1.90. The molecule has 1 heterocycles. The standard InChI is InChI=1S/C5H6N2OS/c1-4-5(8-2-6)9-3-7-4/h2-3,6H,1H3. The first-order valence-corrected chi connectivity index (χ1v) is 3.28. The summed E-state index contributed by atoms with van der Waals surface area (Å²) in [6.07, 6.45) is 0.903. The van der Waals surface area contributed by atoms with Crippen molar-refractivity contribution < 1.29 is 4.74 Å². The molecular formula is C5H6N2OS. The van der Waals surface area contributed by atoms with Crippen molar-refractivity contribution in [1.29, 1.82) is 5.41 Å². The topological polar surface area (TPSA) is 46.0 Å². The van der Waals surface area contributed by atoms with Gasteiger partial charge in [0.25, 0.3) is 0 Å². The number of nitrogens with one attached hydrogen (secondary N) is 1. The highest BCUT2D eigenvalue weighted by Gasteiger charge is 1.98. The van der Waals surface area contributed by atoms with Gasteiger partial charge in [-0.05, 0) is 6.92 Å². The van der Waals surface area contributed by atoms with Crippen LogP contribution < -0.4 is 4.74 Å². The molecule has 1 N–H and O–H groups in total. The molecule has 0 aromatic carbocycles. The summed E-state index contributed by atoms with van der Waals surface area (Å²) in [5, 5.41) is 7.31. The summed E-state index contributed by atoms with van der Waals surface area (Å²) >= 11 is 1.39. The molecular weight excluding hydrogens is 136 g/mol. The fourth-order valence-electron chi connectivity index (χ4n) is 0.458. The Morgan fingerprint density at radius 3 is 3.11 bits per heavy atom. The second-order valence-electron chi connectivity index (χ2n) is 1.46. The van der Waals surface area contributed by atoms with Crippen LogP contribution in [0.5, 0.6) is 5.06 Å². The van der Waals surface area contributed by atoms with Gasteiger partial charge in [0.1, 0.15) is 0 Å². The van der Waals surface area contributed by atoms with Crippen molar-refractivity contribution >= 4 is 17.7 Å². The van der Waals surface area contributed by atoms with Crippen LogP contribution in [-0.2, 0) is 0 Å². The van der Waals surface area contributed by atoms with E-state index in [2.05, 4.69) is 4.98 Å². The smallest absolute Gasteiger partial charge is 0.204 e. The molecule has 0 spiro atoms. The number of aromatic nitrogens is 1. The molecule has 0 fully saturated rings. The number of ether oxygens (including phenoxy) is 1. The minimum absolute atomic E-state index is 0.699. The average molecular weight is 142 g/mol. The van der Waals surface area contributed by atoms with E-state index in [1.165, 1.54) is 11.3 Å². The molecule has 0 saturated heterocycles. The van der Waals surface area contributed by atoms with Gasteiger partial charge in [0.2, 0.25) is 5.06 Å². The van der Waals surface area contributed by atoms with E-state index >= 15 is 0 Å². The number of rotatable bonds is 2. The van der Waals surface area contributed by atoms with Gasteiger partial charge in [0, 0.05) is 0 Å². The molecule has 0 saturated carbocycles. The fourth-order valence-corrected chi connectivity index (χ4v) is 1.09. The third-order valence-corrected chi connectivity index (χ3v) is 1.68. The summed E-state index contributed by atoms with van der Waals surface area (Å²) < 4.78 is 4.77. The van der Waals surface area contributed by atoms with Crippen molar-refractivity contribution in [2.75, 3.05) is 0 Å². The molecule has 4 heteroatoms. The first kappa shape index (κ1) is 6.22. The van der Waals surface area contributed by atoms with Crippen LogP contribution in [-0.4, -0.2) is 11.4 Å². The maximum absolute atomic E-state index is 6.61. The maximum Gasteiger partial charge on any atom is 0.204 e. The van der Waals surface area contributed by atoms with Gasteiger partial charge in [-0.3, -0.25) is 5.41 Å². The lowest BCUT2D eigenvalue weighted by molar-refractivity contribution is 0.579. The van der Waals surface area contributed by atoms with Gasteiger partial charge in [-0.15, -0.1) is 0 Å². The zero-order chi connectivity index (χ0) is 6.69. The van der Waals surface area contributed by atoms with Gasteiger partial charge in [-0.2, -0.15) is 0 Å². The maximum atomic E-state index is 6.61. The zero-order valence-corrected chi connectivity index (χ0v) is 5.73. The highest BCUT2D eigenvalue weighted by atomic mass is 32.1. The van der Waals surface area contributed by atoms with E-state index in [1.807, 2.05) is 6.92 Å². The second-order valence-corrected chi connectivity index (χ2v) is 2.28. The van der Waals surface area contributed by atoms with Gasteiger partial charge in [0.05, 0.1) is 11.2 Å². The Labute approximate surface area is 56.8 Å². The molecule has 0 unspecified atom stereocenters. The van der Waals surface area contributed by atoms with E-state index < -0.39 is 0 Å². The minimum atomic E-state index is 0.699. The Balaban J connectivity index is 2.80. The van der Waals surface area contributed by atoms with Crippen LogP contribution in [0.3, 0.4) is 0 Å². The second kappa shape index (κ2) is 2.59. The first-order valence-electron chi connectivity index (χ1n) is 2.40. The highest BCUT2D eigenvalue weighted by molar-refractivity contribution is 7.11. The van der Waals surface area contributed by atoms with Crippen molar-refractivity contribution in [2.45, 2.75) is 6.92 Å². The average Bonchev–Trinajstić information content (AvgIpc) is 2.18. The summed E-state index contributed by atoms with van der Waals surface area (Å²) in [6.45, 7) is 1.84. The van der Waals surface area contributed by atoms with E-state index in [4.69, 9.17) is 10.1 Å². The highest BCUT2D eigenvalue weighted by Crippen LogP contribution is 2.20. The molecule has 0 aliphatic carbocycles. The molecule has 0 radical (unpaired) electrons. The lowest BCUT2D eigenvalue weighted by Crippen LogP contribution is -1.85. The van der Waals surface area contributed by atoms with Crippen LogP contribution in [0.15, 0.2) is 5.51 Å². The number of aryl methyl sites for hydroxylation is 1. The van der Waals surface area contributed by atoms with Crippen LogP contribution >= 0.6 is 11.3 Å². The van der Waals surface area contributed by atoms with Crippen molar-refractivity contribution in [3.05, 3.63) is 11.2 Å². The number of hydrogen-bond acceptors (Lipinski definition) is 4. The molecule has 1 rings (SSSR count). The molecule has 3 nitrogen and oxygen atoms in total. The summed E-state index contributed by atoms with van der Waals surface area (Å²) in [5.74, 6) is 0. The summed E-state index contributed by atoms with van der Waals surface area (Å²) in [7, 11) is 0. The Morgan fingerprint density at radius 2 is 2.67 bits per heavy atom. The Hall–Kier alpha value is -0.900. The lowest BCUT2D eigenvalue weighted by atomic mass is 10.6. The SMILES string of the molecule is Cc1ncsc1OC=N. The van der Waals surface area contributed by atoms with Crippen molar-refractivity contribution in [2.24, 2.45) is 0 Å². The zero-order valence-electron chi connectivity index (χ0n) is 4.92. The van der Waals surface area contributed by atoms with E-state index in [0.29, 0.717) is 5.06 Å². The van der Waals surface area contributed by atoms with Crippen LogP contribution in [0.1, 0.15) is 5.69 Å². The quantitative estimate of drug-likeness (QED) is 0.501.